The van der Waals surface area contributed by atoms with Crippen LogP contribution in [0.3, 0.4) is 0 Å². The average molecular weight is 469 g/mol. The van der Waals surface area contributed by atoms with Gasteiger partial charge in [-0.2, -0.15) is 13.2 Å². The van der Waals surface area contributed by atoms with Gasteiger partial charge in [0.25, 0.3) is 11.5 Å². The van der Waals surface area contributed by atoms with E-state index in [0.29, 0.717) is 11.0 Å². The quantitative estimate of drug-likeness (QED) is 0.547. The summed E-state index contributed by atoms with van der Waals surface area (Å²) in [5.41, 5.74) is -7.99. The third-order valence-electron chi connectivity index (χ3n) is 5.40. The smallest absolute Gasteiger partial charge is 0.333 e. The SMILES string of the molecule is O=C(CN1CCCC1=O)NC1(C(F)(F)F)C(=O)Nc2c1c(=O)[nH]c(=O)n2-c1ccc(F)cc1. The average Bonchev–Trinajstić information content (AvgIpc) is 3.24. The Hall–Kier alpha value is -3.97. The molecule has 3 heterocycles. The molecular formula is C19H15F4N5O5. The fourth-order valence-electron chi connectivity index (χ4n) is 3.91. The van der Waals surface area contributed by atoms with Crippen LogP contribution in [0.4, 0.5) is 23.4 Å². The van der Waals surface area contributed by atoms with E-state index in [1.807, 2.05) is 5.32 Å². The number of nitrogens with one attached hydrogen (secondary N) is 3. The molecule has 1 aromatic heterocycles. The van der Waals surface area contributed by atoms with Crippen molar-refractivity contribution < 1.29 is 31.9 Å². The number of anilines is 1. The van der Waals surface area contributed by atoms with Crippen molar-refractivity contribution in [2.45, 2.75) is 24.6 Å². The molecule has 1 saturated heterocycles. The van der Waals surface area contributed by atoms with Crippen LogP contribution in [0, 0.1) is 5.82 Å². The van der Waals surface area contributed by atoms with Gasteiger partial charge in [0.2, 0.25) is 17.4 Å². The first kappa shape index (κ1) is 22.2. The molecule has 1 atom stereocenters. The van der Waals surface area contributed by atoms with Crippen molar-refractivity contribution in [1.29, 1.82) is 0 Å². The Kier molecular flexibility index (Phi) is 5.10. The summed E-state index contributed by atoms with van der Waals surface area (Å²) in [5, 5.41) is 3.43. The Labute approximate surface area is 181 Å². The van der Waals surface area contributed by atoms with Crippen LogP contribution >= 0.6 is 0 Å². The van der Waals surface area contributed by atoms with Crippen LogP contribution < -0.4 is 21.9 Å². The normalized spacial score (nSPS) is 20.1. The second kappa shape index (κ2) is 7.56. The van der Waals surface area contributed by atoms with E-state index in [1.54, 1.807) is 10.3 Å². The van der Waals surface area contributed by atoms with E-state index in [0.717, 1.165) is 29.2 Å². The van der Waals surface area contributed by atoms with Gasteiger partial charge in [-0.1, -0.05) is 0 Å². The van der Waals surface area contributed by atoms with E-state index in [9.17, 15) is 41.5 Å². The number of halogens is 4. The van der Waals surface area contributed by atoms with Crippen molar-refractivity contribution in [1.82, 2.24) is 19.8 Å². The van der Waals surface area contributed by atoms with E-state index in [-0.39, 0.29) is 18.7 Å². The van der Waals surface area contributed by atoms with Crippen molar-refractivity contribution in [2.24, 2.45) is 0 Å². The highest BCUT2D eigenvalue weighted by Crippen LogP contribution is 2.45. The first-order valence-electron chi connectivity index (χ1n) is 9.58. The lowest BCUT2D eigenvalue weighted by Gasteiger charge is -2.30. The minimum absolute atomic E-state index is 0.130. The standard InChI is InChI=1S/C19H15F4N5O5/c20-9-3-5-10(6-4-9)28-14-13(15(31)25-17(28)33)18(16(32)24-14,19(21,22)23)26-11(29)8-27-7-1-2-12(27)30/h3-6H,1-2,7-8H2,(H,24,32)(H,26,29)(H,25,31,33). The lowest BCUT2D eigenvalue weighted by atomic mass is 9.92. The molecule has 0 saturated carbocycles. The third kappa shape index (κ3) is 3.47. The number of hydrogen-bond acceptors (Lipinski definition) is 5. The summed E-state index contributed by atoms with van der Waals surface area (Å²) in [5.74, 6) is -5.12. The molecule has 0 spiro atoms. The predicted molar refractivity (Wildman–Crippen MR) is 103 cm³/mol. The number of alkyl halides is 3. The number of benzene rings is 1. The van der Waals surface area contributed by atoms with E-state index >= 15 is 0 Å². The summed E-state index contributed by atoms with van der Waals surface area (Å²) in [6.45, 7) is -0.604. The molecule has 0 bridgehead atoms. The summed E-state index contributed by atoms with van der Waals surface area (Å²) in [4.78, 5) is 64.5. The molecule has 2 aliphatic rings. The molecule has 3 amide bonds. The van der Waals surface area contributed by atoms with Gasteiger partial charge in [-0.05, 0) is 30.7 Å². The van der Waals surface area contributed by atoms with Crippen molar-refractivity contribution in [2.75, 3.05) is 18.4 Å². The van der Waals surface area contributed by atoms with E-state index < -0.39 is 64.4 Å². The third-order valence-corrected chi connectivity index (χ3v) is 5.40. The Morgan fingerprint density at radius 2 is 1.79 bits per heavy atom. The fourth-order valence-corrected chi connectivity index (χ4v) is 3.91. The molecule has 0 aliphatic carbocycles. The van der Waals surface area contributed by atoms with Gasteiger partial charge in [0.1, 0.15) is 17.2 Å². The molecule has 33 heavy (non-hydrogen) atoms. The summed E-state index contributed by atoms with van der Waals surface area (Å²) < 4.78 is 56.8. The van der Waals surface area contributed by atoms with E-state index in [4.69, 9.17) is 0 Å². The first-order valence-corrected chi connectivity index (χ1v) is 9.58. The van der Waals surface area contributed by atoms with Crippen LogP contribution in [0.2, 0.25) is 0 Å². The monoisotopic (exact) mass is 469 g/mol. The number of H-pyrrole nitrogens is 1. The zero-order valence-corrected chi connectivity index (χ0v) is 16.6. The van der Waals surface area contributed by atoms with Crippen LogP contribution in [-0.2, 0) is 19.9 Å². The number of nitrogens with zero attached hydrogens (tertiary/aromatic N) is 2. The maximum absolute atomic E-state index is 14.3. The van der Waals surface area contributed by atoms with Crippen LogP contribution in [0.5, 0.6) is 0 Å². The van der Waals surface area contributed by atoms with Gasteiger partial charge in [-0.25, -0.2) is 13.8 Å². The van der Waals surface area contributed by atoms with E-state index in [1.165, 1.54) is 0 Å². The zero-order chi connectivity index (χ0) is 24.1. The second-order valence-corrected chi connectivity index (χ2v) is 7.46. The number of carbonyl (C=O) groups excluding carboxylic acids is 3. The van der Waals surface area contributed by atoms with Gasteiger partial charge < -0.3 is 15.5 Å². The number of amides is 3. The number of carbonyl (C=O) groups is 3. The summed E-state index contributed by atoms with van der Waals surface area (Å²) in [6, 6.07) is 3.93. The largest absolute Gasteiger partial charge is 0.425 e. The summed E-state index contributed by atoms with van der Waals surface area (Å²) in [6.07, 6.45) is -4.96. The zero-order valence-electron chi connectivity index (χ0n) is 16.6. The van der Waals surface area contributed by atoms with Crippen LogP contribution in [0.15, 0.2) is 33.9 Å². The van der Waals surface area contributed by atoms with Crippen LogP contribution in [0.25, 0.3) is 5.69 Å². The molecule has 2 aliphatic heterocycles. The van der Waals surface area contributed by atoms with Crippen molar-refractivity contribution in [3.05, 3.63) is 56.5 Å². The Balaban J connectivity index is 1.87. The van der Waals surface area contributed by atoms with Gasteiger partial charge in [0.15, 0.2) is 0 Å². The highest BCUT2D eigenvalue weighted by atomic mass is 19.4. The van der Waals surface area contributed by atoms with Crippen LogP contribution in [0.1, 0.15) is 18.4 Å². The summed E-state index contributed by atoms with van der Waals surface area (Å²) >= 11 is 0. The van der Waals surface area contributed by atoms with Gasteiger partial charge >= 0.3 is 11.9 Å². The highest BCUT2D eigenvalue weighted by molar-refractivity contribution is 6.08. The molecule has 174 valence electrons. The number of likely N-dealkylation sites (tertiary alicyclic amines) is 1. The molecule has 2 aromatic rings. The maximum Gasteiger partial charge on any atom is 0.425 e. The molecule has 10 nitrogen and oxygen atoms in total. The van der Waals surface area contributed by atoms with Gasteiger partial charge in [0.05, 0.1) is 12.2 Å². The van der Waals surface area contributed by atoms with E-state index in [2.05, 4.69) is 0 Å². The predicted octanol–water partition coefficient (Wildman–Crippen LogP) is 0.113. The Morgan fingerprint density at radius 3 is 2.36 bits per heavy atom. The first-order chi connectivity index (χ1) is 15.5. The molecule has 14 heteroatoms. The Morgan fingerprint density at radius 1 is 1.12 bits per heavy atom. The lowest BCUT2D eigenvalue weighted by molar-refractivity contribution is -0.200. The number of rotatable bonds is 4. The van der Waals surface area contributed by atoms with Gasteiger partial charge in [-0.3, -0.25) is 24.2 Å². The maximum atomic E-state index is 14.3. The number of fused-ring (bicyclic) bond motifs is 1. The number of aromatic nitrogens is 2. The molecule has 1 aromatic carbocycles. The molecule has 4 rings (SSSR count). The van der Waals surface area contributed by atoms with Gasteiger partial charge in [-0.15, -0.1) is 0 Å². The fraction of sp³-hybridized carbons (Fsp3) is 0.316. The minimum Gasteiger partial charge on any atom is -0.333 e. The second-order valence-electron chi connectivity index (χ2n) is 7.46. The molecule has 0 radical (unpaired) electrons. The molecule has 1 fully saturated rings. The van der Waals surface area contributed by atoms with Crippen molar-refractivity contribution in [3.8, 4) is 5.69 Å². The van der Waals surface area contributed by atoms with Crippen LogP contribution in [-0.4, -0.2) is 51.4 Å². The van der Waals surface area contributed by atoms with Gasteiger partial charge in [0, 0.05) is 13.0 Å². The number of hydrogen-bond donors (Lipinski definition) is 3. The summed E-state index contributed by atoms with van der Waals surface area (Å²) in [7, 11) is 0. The molecular weight excluding hydrogens is 454 g/mol. The molecule has 1 unspecified atom stereocenters. The minimum atomic E-state index is -5.51. The number of aromatic amines is 1. The molecule has 3 N–H and O–H groups in total. The van der Waals surface area contributed by atoms with Crippen molar-refractivity contribution in [3.63, 3.8) is 0 Å². The van der Waals surface area contributed by atoms with Crippen molar-refractivity contribution >= 4 is 23.5 Å². The highest BCUT2D eigenvalue weighted by Gasteiger charge is 2.68. The topological polar surface area (TPSA) is 133 Å². The lowest BCUT2D eigenvalue weighted by Crippen LogP contribution is -2.63. The Bertz CT molecular complexity index is 1280.